The molecule has 0 amide bonds. The van der Waals surface area contributed by atoms with E-state index in [-0.39, 0.29) is 5.88 Å². The summed E-state index contributed by atoms with van der Waals surface area (Å²) in [6.45, 7) is 0. The molecule has 2 atom stereocenters. The highest BCUT2D eigenvalue weighted by Gasteiger charge is 2.47. The van der Waals surface area contributed by atoms with E-state index in [2.05, 4.69) is 15.9 Å². The quantitative estimate of drug-likeness (QED) is 0.369. The van der Waals surface area contributed by atoms with Gasteiger partial charge in [0.05, 0.1) is 0 Å². The average Bonchev–Trinajstić information content (AvgIpc) is 2.28. The van der Waals surface area contributed by atoms with Crippen molar-refractivity contribution in [1.82, 2.24) is 0 Å². The van der Waals surface area contributed by atoms with Crippen LogP contribution >= 0.6 is 39.1 Å². The van der Waals surface area contributed by atoms with Crippen molar-refractivity contribution < 1.29 is 4.92 Å². The number of rotatable bonds is 4. The maximum absolute atomic E-state index is 10.8. The van der Waals surface area contributed by atoms with Gasteiger partial charge in [-0.2, -0.15) is 0 Å². The van der Waals surface area contributed by atoms with E-state index in [1.54, 1.807) is 24.3 Å². The predicted molar refractivity (Wildman–Crippen MR) is 64.4 cm³/mol. The Morgan fingerprint density at radius 3 is 2.40 bits per heavy atom. The van der Waals surface area contributed by atoms with Crippen molar-refractivity contribution in [3.05, 3.63) is 46.0 Å². The third-order valence-electron chi connectivity index (χ3n) is 1.97. The van der Waals surface area contributed by atoms with Crippen LogP contribution in [0.25, 0.3) is 0 Å². The minimum Gasteiger partial charge on any atom is -0.263 e. The van der Waals surface area contributed by atoms with Crippen molar-refractivity contribution >= 4 is 39.1 Å². The summed E-state index contributed by atoms with van der Waals surface area (Å²) < 4.78 is 0. The Bertz CT molecular complexity index is 349. The number of hydrogen-bond acceptors (Lipinski definition) is 2. The monoisotopic (exact) mass is 311 g/mol. The Balaban J connectivity index is 3.02. The van der Waals surface area contributed by atoms with Crippen LogP contribution in [0, 0.1) is 10.1 Å². The summed E-state index contributed by atoms with van der Waals surface area (Å²) in [5.74, 6) is -0.271. The molecule has 1 aromatic carbocycles. The summed E-state index contributed by atoms with van der Waals surface area (Å²) in [6, 6.07) is 8.91. The Morgan fingerprint density at radius 2 is 2.00 bits per heavy atom. The SMILES string of the molecule is O=[N+]([O-])C(Cl)(CCl)C(Br)c1ccccc1. The van der Waals surface area contributed by atoms with E-state index in [4.69, 9.17) is 23.2 Å². The highest BCUT2D eigenvalue weighted by Crippen LogP contribution is 2.40. The fraction of sp³-hybridized carbons (Fsp3) is 0.333. The molecular weight excluding hydrogens is 305 g/mol. The summed E-state index contributed by atoms with van der Waals surface area (Å²) in [7, 11) is 0. The van der Waals surface area contributed by atoms with Crippen LogP contribution in [-0.4, -0.2) is 15.8 Å². The molecule has 1 aromatic rings. The van der Waals surface area contributed by atoms with Gasteiger partial charge >= 0.3 is 5.00 Å². The molecule has 0 N–H and O–H groups in total. The number of halogens is 3. The van der Waals surface area contributed by atoms with E-state index in [1.165, 1.54) is 0 Å². The van der Waals surface area contributed by atoms with Gasteiger partial charge < -0.3 is 0 Å². The molecule has 2 unspecified atom stereocenters. The first-order valence-corrected chi connectivity index (χ1v) is 5.93. The number of nitro groups is 1. The Hall–Kier alpha value is -0.320. The zero-order chi connectivity index (χ0) is 11.5. The third-order valence-corrected chi connectivity index (χ3v) is 4.56. The van der Waals surface area contributed by atoms with Crippen LogP contribution < -0.4 is 0 Å². The molecule has 0 saturated carbocycles. The van der Waals surface area contributed by atoms with Crippen LogP contribution in [0.1, 0.15) is 10.4 Å². The first-order valence-electron chi connectivity index (χ1n) is 4.10. The van der Waals surface area contributed by atoms with E-state index in [0.29, 0.717) is 0 Å². The lowest BCUT2D eigenvalue weighted by Crippen LogP contribution is -2.38. The Morgan fingerprint density at radius 1 is 1.47 bits per heavy atom. The van der Waals surface area contributed by atoms with Crippen LogP contribution in [0.5, 0.6) is 0 Å². The van der Waals surface area contributed by atoms with Crippen molar-refractivity contribution in [2.24, 2.45) is 0 Å². The molecule has 6 heteroatoms. The van der Waals surface area contributed by atoms with Crippen LogP contribution in [-0.2, 0) is 0 Å². The van der Waals surface area contributed by atoms with Crippen LogP contribution in [0.4, 0.5) is 0 Å². The van der Waals surface area contributed by atoms with Crippen LogP contribution in [0.3, 0.4) is 0 Å². The Labute approximate surface area is 106 Å². The van der Waals surface area contributed by atoms with Crippen molar-refractivity contribution in [2.45, 2.75) is 9.83 Å². The van der Waals surface area contributed by atoms with Gasteiger partial charge in [0.25, 0.3) is 0 Å². The van der Waals surface area contributed by atoms with Crippen molar-refractivity contribution in [2.75, 3.05) is 5.88 Å². The predicted octanol–water partition coefficient (Wildman–Crippen LogP) is 3.57. The summed E-state index contributed by atoms with van der Waals surface area (Å²) in [5, 5.41) is 10.8. The van der Waals surface area contributed by atoms with Gasteiger partial charge in [0, 0.05) is 4.92 Å². The van der Waals surface area contributed by atoms with Crippen molar-refractivity contribution in [3.8, 4) is 0 Å². The molecule has 0 spiro atoms. The summed E-state index contributed by atoms with van der Waals surface area (Å²) in [5.41, 5.74) is 0.727. The van der Waals surface area contributed by atoms with Crippen molar-refractivity contribution in [3.63, 3.8) is 0 Å². The molecule has 15 heavy (non-hydrogen) atoms. The number of hydrogen-bond donors (Lipinski definition) is 0. The summed E-state index contributed by atoms with van der Waals surface area (Å²) in [4.78, 5) is 7.91. The lowest BCUT2D eigenvalue weighted by atomic mass is 10.1. The molecule has 0 saturated heterocycles. The maximum atomic E-state index is 10.8. The number of nitrogens with zero attached hydrogens (tertiary/aromatic N) is 1. The fourth-order valence-electron chi connectivity index (χ4n) is 1.09. The van der Waals surface area contributed by atoms with Gasteiger partial charge in [0.2, 0.25) is 0 Å². The average molecular weight is 313 g/mol. The molecule has 0 fully saturated rings. The largest absolute Gasteiger partial charge is 0.324 e. The van der Waals surface area contributed by atoms with Gasteiger partial charge in [0.1, 0.15) is 10.7 Å². The molecule has 82 valence electrons. The van der Waals surface area contributed by atoms with Gasteiger partial charge in [-0.05, 0) is 17.2 Å². The standard InChI is InChI=1S/C9H8BrCl2NO2/c10-8(7-4-2-1-3-5-7)9(12,6-11)13(14)15/h1-5,8H,6H2. The van der Waals surface area contributed by atoms with E-state index in [0.717, 1.165) is 5.56 Å². The third kappa shape index (κ3) is 2.62. The first-order chi connectivity index (χ1) is 7.02. The second-order valence-electron chi connectivity index (χ2n) is 2.98. The van der Waals surface area contributed by atoms with Gasteiger partial charge in [0.15, 0.2) is 0 Å². The number of benzene rings is 1. The van der Waals surface area contributed by atoms with E-state index >= 15 is 0 Å². The van der Waals surface area contributed by atoms with E-state index < -0.39 is 14.7 Å². The minimum atomic E-state index is -1.72. The van der Waals surface area contributed by atoms with Gasteiger partial charge in [-0.15, -0.1) is 11.6 Å². The normalized spacial score (nSPS) is 16.7. The minimum absolute atomic E-state index is 0.271. The zero-order valence-electron chi connectivity index (χ0n) is 7.57. The topological polar surface area (TPSA) is 43.1 Å². The van der Waals surface area contributed by atoms with Gasteiger partial charge in [-0.3, -0.25) is 10.1 Å². The van der Waals surface area contributed by atoms with Gasteiger partial charge in [-0.1, -0.05) is 46.3 Å². The van der Waals surface area contributed by atoms with Crippen LogP contribution in [0.15, 0.2) is 30.3 Å². The molecule has 0 radical (unpaired) electrons. The fourth-order valence-corrected chi connectivity index (χ4v) is 2.29. The molecule has 0 heterocycles. The van der Waals surface area contributed by atoms with Crippen LogP contribution in [0.2, 0.25) is 0 Å². The molecule has 0 aromatic heterocycles. The molecule has 0 bridgehead atoms. The highest BCUT2D eigenvalue weighted by atomic mass is 79.9. The van der Waals surface area contributed by atoms with E-state index in [1.807, 2.05) is 6.07 Å². The smallest absolute Gasteiger partial charge is 0.263 e. The molecule has 0 aliphatic heterocycles. The van der Waals surface area contributed by atoms with Gasteiger partial charge in [-0.25, -0.2) is 0 Å². The lowest BCUT2D eigenvalue weighted by molar-refractivity contribution is -0.535. The first kappa shape index (κ1) is 12.7. The molecule has 0 aliphatic rings. The second-order valence-corrected chi connectivity index (χ2v) is 4.82. The van der Waals surface area contributed by atoms with E-state index in [9.17, 15) is 10.1 Å². The Kier molecular flexibility index (Phi) is 4.37. The summed E-state index contributed by atoms with van der Waals surface area (Å²) >= 11 is 14.6. The molecule has 1 rings (SSSR count). The highest BCUT2D eigenvalue weighted by molar-refractivity contribution is 9.09. The summed E-state index contributed by atoms with van der Waals surface area (Å²) in [6.07, 6.45) is 0. The lowest BCUT2D eigenvalue weighted by Gasteiger charge is -2.21. The molecule has 3 nitrogen and oxygen atoms in total. The maximum Gasteiger partial charge on any atom is 0.324 e. The second kappa shape index (κ2) is 5.14. The van der Waals surface area contributed by atoms with Crippen molar-refractivity contribution in [1.29, 1.82) is 0 Å². The number of alkyl halides is 3. The zero-order valence-corrected chi connectivity index (χ0v) is 10.7. The molecule has 0 aliphatic carbocycles. The molecular formula is C9H8BrCl2NO2.